The van der Waals surface area contributed by atoms with Crippen molar-refractivity contribution in [3.8, 4) is 0 Å². The van der Waals surface area contributed by atoms with Crippen molar-refractivity contribution in [2.75, 3.05) is 12.4 Å². The van der Waals surface area contributed by atoms with Gasteiger partial charge in [0, 0.05) is 17.4 Å². The number of anilines is 1. The molecule has 2 N–H and O–H groups in total. The number of rotatable bonds is 5. The van der Waals surface area contributed by atoms with Gasteiger partial charge in [-0.25, -0.2) is 9.79 Å². The van der Waals surface area contributed by atoms with E-state index in [1.165, 1.54) is 19.2 Å². The highest BCUT2D eigenvalue weighted by Gasteiger charge is 2.11. The summed E-state index contributed by atoms with van der Waals surface area (Å²) in [7, 11) is 1.31. The minimum absolute atomic E-state index is 0.295. The van der Waals surface area contributed by atoms with Gasteiger partial charge in [0.15, 0.2) is 0 Å². The van der Waals surface area contributed by atoms with Crippen LogP contribution >= 0.6 is 0 Å². The summed E-state index contributed by atoms with van der Waals surface area (Å²) in [5.74, 6) is -0.520. The zero-order valence-corrected chi connectivity index (χ0v) is 15.8. The average molecular weight is 388 g/mol. The molecule has 0 saturated carbocycles. The molecule has 0 aliphatic heterocycles. The zero-order valence-electron chi connectivity index (χ0n) is 15.8. The van der Waals surface area contributed by atoms with Crippen LogP contribution < -0.4 is 10.6 Å². The fourth-order valence-electron chi connectivity index (χ4n) is 2.48. The van der Waals surface area contributed by atoms with Crippen molar-refractivity contribution < 1.29 is 14.3 Å². The van der Waals surface area contributed by atoms with Crippen molar-refractivity contribution in [3.05, 3.63) is 95.8 Å². The number of aromatic nitrogens is 1. The molecule has 0 aliphatic rings. The predicted octanol–water partition coefficient (Wildman–Crippen LogP) is 3.27. The highest BCUT2D eigenvalue weighted by molar-refractivity contribution is 6.10. The largest absolute Gasteiger partial charge is 0.465 e. The maximum atomic E-state index is 12.6. The molecule has 0 spiro atoms. The van der Waals surface area contributed by atoms with E-state index in [-0.39, 0.29) is 5.91 Å². The van der Waals surface area contributed by atoms with Gasteiger partial charge in [0.2, 0.25) is 5.96 Å². The third-order valence-corrected chi connectivity index (χ3v) is 3.96. The molecule has 0 fully saturated rings. The van der Waals surface area contributed by atoms with Gasteiger partial charge in [0.1, 0.15) is 0 Å². The third kappa shape index (κ3) is 5.74. The molecule has 0 atom stereocenters. The van der Waals surface area contributed by atoms with Gasteiger partial charge < -0.3 is 10.1 Å². The van der Waals surface area contributed by atoms with Crippen LogP contribution in [0.1, 0.15) is 26.4 Å². The zero-order chi connectivity index (χ0) is 20.5. The maximum Gasteiger partial charge on any atom is 0.337 e. The Hall–Kier alpha value is -4.00. The second kappa shape index (κ2) is 9.80. The van der Waals surface area contributed by atoms with E-state index in [9.17, 15) is 9.59 Å². The number of nitrogens with zero attached hydrogens (tertiary/aromatic N) is 2. The number of methoxy groups -OCH3 is 1. The molecule has 1 amide bonds. The van der Waals surface area contributed by atoms with E-state index in [4.69, 9.17) is 0 Å². The minimum atomic E-state index is -0.458. The van der Waals surface area contributed by atoms with E-state index < -0.39 is 5.97 Å². The number of para-hydroxylation sites is 1. The Morgan fingerprint density at radius 3 is 2.28 bits per heavy atom. The van der Waals surface area contributed by atoms with E-state index in [0.29, 0.717) is 23.6 Å². The smallest absolute Gasteiger partial charge is 0.337 e. The van der Waals surface area contributed by atoms with Crippen LogP contribution in [0.15, 0.2) is 84.0 Å². The Labute approximate surface area is 168 Å². The number of nitrogens with one attached hydrogen (secondary N) is 2. The molecule has 29 heavy (non-hydrogen) atoms. The van der Waals surface area contributed by atoms with Crippen LogP contribution in [0.5, 0.6) is 0 Å². The monoisotopic (exact) mass is 388 g/mol. The number of aliphatic imine (C=N–C) groups is 1. The fraction of sp³-hybridized carbons (Fsp3) is 0.0909. The van der Waals surface area contributed by atoms with Crippen LogP contribution in [-0.2, 0) is 11.3 Å². The van der Waals surface area contributed by atoms with Crippen LogP contribution in [0, 0.1) is 0 Å². The number of guanidine groups is 1. The first kappa shape index (κ1) is 19.8. The van der Waals surface area contributed by atoms with Crippen molar-refractivity contribution in [1.29, 1.82) is 0 Å². The molecule has 1 heterocycles. The fourth-order valence-corrected chi connectivity index (χ4v) is 2.48. The molecule has 7 heteroatoms. The summed E-state index contributed by atoms with van der Waals surface area (Å²) < 4.78 is 4.67. The van der Waals surface area contributed by atoms with E-state index in [1.807, 2.05) is 48.5 Å². The summed E-state index contributed by atoms with van der Waals surface area (Å²) in [6.45, 7) is 0.303. The highest BCUT2D eigenvalue weighted by atomic mass is 16.5. The van der Waals surface area contributed by atoms with Crippen molar-refractivity contribution in [2.45, 2.75) is 6.54 Å². The summed E-state index contributed by atoms with van der Waals surface area (Å²) in [4.78, 5) is 32.9. The molecule has 1 aromatic heterocycles. The average Bonchev–Trinajstić information content (AvgIpc) is 2.78. The number of hydrogen-bond donors (Lipinski definition) is 2. The summed E-state index contributed by atoms with van der Waals surface area (Å²) >= 11 is 0. The highest BCUT2D eigenvalue weighted by Crippen LogP contribution is 2.08. The van der Waals surface area contributed by atoms with Gasteiger partial charge in [0.25, 0.3) is 5.91 Å². The molecule has 0 bridgehead atoms. The molecule has 3 rings (SSSR count). The molecule has 3 aromatic rings. The molecular formula is C22H20N4O3. The first-order valence-electron chi connectivity index (χ1n) is 8.92. The molecular weight excluding hydrogens is 368 g/mol. The molecule has 0 unspecified atom stereocenters. The van der Waals surface area contributed by atoms with Crippen LogP contribution in [0.4, 0.5) is 5.69 Å². The van der Waals surface area contributed by atoms with Crippen LogP contribution in [0.25, 0.3) is 0 Å². The van der Waals surface area contributed by atoms with E-state index in [2.05, 4.69) is 25.3 Å². The Balaban J connectivity index is 1.76. The van der Waals surface area contributed by atoms with Gasteiger partial charge in [-0.3, -0.25) is 15.1 Å². The normalized spacial score (nSPS) is 10.9. The topological polar surface area (TPSA) is 92.7 Å². The van der Waals surface area contributed by atoms with Gasteiger partial charge in [-0.15, -0.1) is 0 Å². The van der Waals surface area contributed by atoms with Gasteiger partial charge in [-0.05, 0) is 48.5 Å². The third-order valence-electron chi connectivity index (χ3n) is 3.96. The quantitative estimate of drug-likeness (QED) is 0.398. The Kier molecular flexibility index (Phi) is 6.67. The summed E-state index contributed by atoms with van der Waals surface area (Å²) in [5, 5.41) is 5.88. The Bertz CT molecular complexity index is 988. The molecule has 2 aromatic carbocycles. The number of carbonyl (C=O) groups excluding carboxylic acids is 2. The first-order chi connectivity index (χ1) is 14.2. The molecule has 0 radical (unpaired) electrons. The van der Waals surface area contributed by atoms with Gasteiger partial charge in [-0.2, -0.15) is 0 Å². The SMILES string of the molecule is COC(=O)c1ccc(C(=O)NC(=NCc2ccccn2)Nc2ccccc2)cc1. The maximum absolute atomic E-state index is 12.6. The number of benzene rings is 2. The van der Waals surface area contributed by atoms with E-state index in [1.54, 1.807) is 18.3 Å². The summed E-state index contributed by atoms with van der Waals surface area (Å²) in [5.41, 5.74) is 2.32. The molecule has 0 aliphatic carbocycles. The van der Waals surface area contributed by atoms with Gasteiger partial charge in [0.05, 0.1) is 24.9 Å². The van der Waals surface area contributed by atoms with Crippen molar-refractivity contribution in [1.82, 2.24) is 10.3 Å². The lowest BCUT2D eigenvalue weighted by molar-refractivity contribution is 0.0600. The lowest BCUT2D eigenvalue weighted by Gasteiger charge is -2.12. The summed E-state index contributed by atoms with van der Waals surface area (Å²) in [6.07, 6.45) is 1.69. The standard InChI is InChI=1S/C22H20N4O3/c1-29-21(28)17-12-10-16(11-13-17)20(27)26-22(25-18-7-3-2-4-8-18)24-15-19-9-5-6-14-23-19/h2-14H,15H2,1H3,(H2,24,25,26,27). The lowest BCUT2D eigenvalue weighted by atomic mass is 10.1. The van der Waals surface area contributed by atoms with Gasteiger partial charge in [-0.1, -0.05) is 24.3 Å². The van der Waals surface area contributed by atoms with E-state index in [0.717, 1.165) is 11.4 Å². The van der Waals surface area contributed by atoms with Crippen LogP contribution in [0.3, 0.4) is 0 Å². The van der Waals surface area contributed by atoms with E-state index >= 15 is 0 Å². The molecule has 7 nitrogen and oxygen atoms in total. The van der Waals surface area contributed by atoms with Crippen molar-refractivity contribution in [2.24, 2.45) is 4.99 Å². The van der Waals surface area contributed by atoms with Crippen molar-refractivity contribution >= 4 is 23.5 Å². The molecule has 0 saturated heterocycles. The number of hydrogen-bond acceptors (Lipinski definition) is 5. The second-order valence-electron chi connectivity index (χ2n) is 6.00. The summed E-state index contributed by atoms with van der Waals surface area (Å²) in [6, 6.07) is 21.2. The number of amides is 1. The second-order valence-corrected chi connectivity index (χ2v) is 6.00. The predicted molar refractivity (Wildman–Crippen MR) is 111 cm³/mol. The number of ether oxygens (including phenoxy) is 1. The Morgan fingerprint density at radius 1 is 0.931 bits per heavy atom. The van der Waals surface area contributed by atoms with Crippen molar-refractivity contribution in [3.63, 3.8) is 0 Å². The first-order valence-corrected chi connectivity index (χ1v) is 8.92. The lowest BCUT2D eigenvalue weighted by Crippen LogP contribution is -2.36. The molecule has 146 valence electrons. The number of pyridine rings is 1. The number of esters is 1. The number of carbonyl (C=O) groups is 2. The Morgan fingerprint density at radius 2 is 1.62 bits per heavy atom. The van der Waals surface area contributed by atoms with Crippen LogP contribution in [0.2, 0.25) is 0 Å². The van der Waals surface area contributed by atoms with Crippen LogP contribution in [-0.4, -0.2) is 29.9 Å². The minimum Gasteiger partial charge on any atom is -0.465 e. The van der Waals surface area contributed by atoms with Gasteiger partial charge >= 0.3 is 5.97 Å².